The van der Waals surface area contributed by atoms with Gasteiger partial charge < -0.3 is 5.32 Å². The second-order valence-corrected chi connectivity index (χ2v) is 3.79. The van der Waals surface area contributed by atoms with Gasteiger partial charge in [-0.2, -0.15) is 5.10 Å². The monoisotopic (exact) mass is 235 g/mol. The number of hydrogen-bond donors (Lipinski definition) is 1. The molecule has 1 aromatic heterocycles. The topological polar surface area (TPSA) is 29.9 Å². The lowest BCUT2D eigenvalue weighted by Crippen LogP contribution is -2.24. The smallest absolute Gasteiger partial charge is 0.0649 e. The fourth-order valence-electron chi connectivity index (χ4n) is 2.03. The summed E-state index contributed by atoms with van der Waals surface area (Å²) in [7, 11) is 0. The standard InChI is InChI=1S/C12H13N3.ClH/c1-2-4-11(5-3-1)15-12-9-13-7-6-10(12)8-14-15;/h1-5,8,13H,6-7,9H2;1H. The molecule has 2 heterocycles. The van der Waals surface area contributed by atoms with Gasteiger partial charge in [0.15, 0.2) is 0 Å². The van der Waals surface area contributed by atoms with Gasteiger partial charge in [0.05, 0.1) is 17.6 Å². The third-order valence-corrected chi connectivity index (χ3v) is 2.82. The van der Waals surface area contributed by atoms with Crippen LogP contribution < -0.4 is 5.32 Å². The summed E-state index contributed by atoms with van der Waals surface area (Å²) in [5.41, 5.74) is 3.81. The number of nitrogens with zero attached hydrogens (tertiary/aromatic N) is 2. The molecule has 0 radical (unpaired) electrons. The molecular formula is C12H14ClN3. The van der Waals surface area contributed by atoms with Crippen LogP contribution in [-0.2, 0) is 13.0 Å². The lowest BCUT2D eigenvalue weighted by atomic mass is 10.1. The van der Waals surface area contributed by atoms with Crippen LogP contribution in [-0.4, -0.2) is 16.3 Å². The molecule has 1 N–H and O–H groups in total. The average molecular weight is 236 g/mol. The van der Waals surface area contributed by atoms with Crippen LogP contribution in [0.3, 0.4) is 0 Å². The van der Waals surface area contributed by atoms with Crippen molar-refractivity contribution in [3.8, 4) is 5.69 Å². The first-order valence-electron chi connectivity index (χ1n) is 5.27. The van der Waals surface area contributed by atoms with Gasteiger partial charge in [-0.15, -0.1) is 12.4 Å². The van der Waals surface area contributed by atoms with Crippen molar-refractivity contribution in [2.24, 2.45) is 0 Å². The maximum absolute atomic E-state index is 4.44. The molecule has 2 aromatic rings. The Bertz CT molecular complexity index is 464. The molecule has 0 atom stereocenters. The van der Waals surface area contributed by atoms with Gasteiger partial charge in [0.25, 0.3) is 0 Å². The van der Waals surface area contributed by atoms with E-state index < -0.39 is 0 Å². The van der Waals surface area contributed by atoms with Crippen LogP contribution in [0.15, 0.2) is 36.5 Å². The molecule has 1 aliphatic rings. The minimum absolute atomic E-state index is 0. The molecule has 0 fully saturated rings. The molecule has 16 heavy (non-hydrogen) atoms. The number of halogens is 1. The minimum atomic E-state index is 0. The number of para-hydroxylation sites is 1. The molecule has 0 aliphatic carbocycles. The molecular weight excluding hydrogens is 222 g/mol. The Labute approximate surface area is 101 Å². The van der Waals surface area contributed by atoms with Crippen molar-refractivity contribution in [2.75, 3.05) is 6.54 Å². The SMILES string of the molecule is Cl.c1ccc(-n2ncc3c2CNCC3)cc1. The summed E-state index contributed by atoms with van der Waals surface area (Å²) in [4.78, 5) is 0. The predicted octanol–water partition coefficient (Wildman–Crippen LogP) is 1.94. The molecule has 0 saturated heterocycles. The first-order chi connectivity index (χ1) is 7.45. The van der Waals surface area contributed by atoms with Gasteiger partial charge >= 0.3 is 0 Å². The summed E-state index contributed by atoms with van der Waals surface area (Å²) in [6.07, 6.45) is 3.07. The summed E-state index contributed by atoms with van der Waals surface area (Å²) in [5.74, 6) is 0. The molecule has 84 valence electrons. The van der Waals surface area contributed by atoms with Crippen molar-refractivity contribution < 1.29 is 0 Å². The molecule has 0 unspecified atom stereocenters. The second-order valence-electron chi connectivity index (χ2n) is 3.79. The molecule has 1 aromatic carbocycles. The number of aromatic nitrogens is 2. The van der Waals surface area contributed by atoms with Gasteiger partial charge in [-0.3, -0.25) is 0 Å². The summed E-state index contributed by atoms with van der Waals surface area (Å²) in [5, 5.41) is 7.82. The quantitative estimate of drug-likeness (QED) is 0.819. The lowest BCUT2D eigenvalue weighted by Gasteiger charge is -2.15. The van der Waals surface area contributed by atoms with Crippen LogP contribution in [0.1, 0.15) is 11.3 Å². The number of nitrogens with one attached hydrogen (secondary N) is 1. The van der Waals surface area contributed by atoms with E-state index in [4.69, 9.17) is 0 Å². The third kappa shape index (κ3) is 1.84. The number of benzene rings is 1. The molecule has 0 amide bonds. The highest BCUT2D eigenvalue weighted by Gasteiger charge is 2.14. The van der Waals surface area contributed by atoms with E-state index in [-0.39, 0.29) is 12.4 Å². The zero-order chi connectivity index (χ0) is 10.1. The van der Waals surface area contributed by atoms with Crippen LogP contribution in [0.2, 0.25) is 0 Å². The maximum atomic E-state index is 4.44. The van der Waals surface area contributed by atoms with Gasteiger partial charge in [0.2, 0.25) is 0 Å². The molecule has 4 heteroatoms. The van der Waals surface area contributed by atoms with Crippen molar-refractivity contribution >= 4 is 12.4 Å². The van der Waals surface area contributed by atoms with E-state index in [0.29, 0.717) is 0 Å². The van der Waals surface area contributed by atoms with Gasteiger partial charge in [-0.1, -0.05) is 18.2 Å². The predicted molar refractivity (Wildman–Crippen MR) is 66.2 cm³/mol. The highest BCUT2D eigenvalue weighted by molar-refractivity contribution is 5.85. The normalized spacial score (nSPS) is 14.0. The molecule has 0 spiro atoms. The second kappa shape index (κ2) is 4.68. The molecule has 1 aliphatic heterocycles. The van der Waals surface area contributed by atoms with E-state index in [9.17, 15) is 0 Å². The van der Waals surface area contributed by atoms with Crippen LogP contribution in [0.4, 0.5) is 0 Å². The van der Waals surface area contributed by atoms with Crippen LogP contribution in [0, 0.1) is 0 Å². The summed E-state index contributed by atoms with van der Waals surface area (Å²) < 4.78 is 2.03. The summed E-state index contributed by atoms with van der Waals surface area (Å²) >= 11 is 0. The Hall–Kier alpha value is -1.32. The number of hydrogen-bond acceptors (Lipinski definition) is 2. The van der Waals surface area contributed by atoms with E-state index in [1.54, 1.807) is 0 Å². The van der Waals surface area contributed by atoms with Crippen LogP contribution in [0.5, 0.6) is 0 Å². The van der Waals surface area contributed by atoms with E-state index in [2.05, 4.69) is 22.5 Å². The molecule has 0 saturated carbocycles. The Morgan fingerprint density at radius 2 is 2.00 bits per heavy atom. The van der Waals surface area contributed by atoms with Crippen molar-refractivity contribution in [1.29, 1.82) is 0 Å². The highest BCUT2D eigenvalue weighted by Crippen LogP contribution is 2.17. The van der Waals surface area contributed by atoms with E-state index >= 15 is 0 Å². The summed E-state index contributed by atoms with van der Waals surface area (Å²) in [6, 6.07) is 10.3. The lowest BCUT2D eigenvalue weighted by molar-refractivity contribution is 0.614. The maximum Gasteiger partial charge on any atom is 0.0649 e. The summed E-state index contributed by atoms with van der Waals surface area (Å²) in [6.45, 7) is 1.98. The fourth-order valence-corrected chi connectivity index (χ4v) is 2.03. The first kappa shape index (κ1) is 11.2. The Balaban J connectivity index is 0.000000963. The van der Waals surface area contributed by atoms with Crippen molar-refractivity contribution in [3.05, 3.63) is 47.8 Å². The van der Waals surface area contributed by atoms with Gasteiger partial charge in [0.1, 0.15) is 0 Å². The first-order valence-corrected chi connectivity index (χ1v) is 5.27. The molecule has 3 nitrogen and oxygen atoms in total. The van der Waals surface area contributed by atoms with E-state index in [0.717, 1.165) is 25.2 Å². The molecule has 0 bridgehead atoms. The Morgan fingerprint density at radius 3 is 2.81 bits per heavy atom. The van der Waals surface area contributed by atoms with E-state index in [1.165, 1.54) is 11.3 Å². The molecule has 3 rings (SSSR count). The van der Waals surface area contributed by atoms with Crippen molar-refractivity contribution in [3.63, 3.8) is 0 Å². The van der Waals surface area contributed by atoms with Crippen molar-refractivity contribution in [2.45, 2.75) is 13.0 Å². The zero-order valence-corrected chi connectivity index (χ0v) is 9.70. The van der Waals surface area contributed by atoms with Crippen molar-refractivity contribution in [1.82, 2.24) is 15.1 Å². The fraction of sp³-hybridized carbons (Fsp3) is 0.250. The van der Waals surface area contributed by atoms with Gasteiger partial charge in [-0.05, 0) is 30.7 Å². The minimum Gasteiger partial charge on any atom is -0.311 e. The number of rotatable bonds is 1. The van der Waals surface area contributed by atoms with Gasteiger partial charge in [0, 0.05) is 6.54 Å². The van der Waals surface area contributed by atoms with Gasteiger partial charge in [-0.25, -0.2) is 4.68 Å². The van der Waals surface area contributed by atoms with E-state index in [1.807, 2.05) is 29.1 Å². The average Bonchev–Trinajstić information content (AvgIpc) is 2.74. The van der Waals surface area contributed by atoms with Crippen LogP contribution in [0.25, 0.3) is 5.69 Å². The Kier molecular flexibility index (Phi) is 3.27. The third-order valence-electron chi connectivity index (χ3n) is 2.82. The number of fused-ring (bicyclic) bond motifs is 1. The largest absolute Gasteiger partial charge is 0.311 e. The Morgan fingerprint density at radius 1 is 1.19 bits per heavy atom. The zero-order valence-electron chi connectivity index (χ0n) is 8.89. The van der Waals surface area contributed by atoms with Crippen LogP contribution >= 0.6 is 12.4 Å². The highest BCUT2D eigenvalue weighted by atomic mass is 35.5.